The topological polar surface area (TPSA) is 43.4 Å². The largest absolute Gasteiger partial charge is 0.386 e. The summed E-state index contributed by atoms with van der Waals surface area (Å²) in [5.41, 5.74) is 3.86. The van der Waals surface area contributed by atoms with Crippen molar-refractivity contribution >= 4 is 11.9 Å². The Bertz CT molecular complexity index is 415. The van der Waals surface area contributed by atoms with Gasteiger partial charge in [-0.05, 0) is 26.7 Å². The van der Waals surface area contributed by atoms with Crippen LogP contribution in [0, 0.1) is 11.8 Å². The summed E-state index contributed by atoms with van der Waals surface area (Å²) in [6.07, 6.45) is 1.98. The van der Waals surface area contributed by atoms with Crippen molar-refractivity contribution in [1.29, 1.82) is 0 Å². The smallest absolute Gasteiger partial charge is 0.343 e. The van der Waals surface area contributed by atoms with Crippen LogP contribution in [-0.4, -0.2) is 11.9 Å². The van der Waals surface area contributed by atoms with Gasteiger partial charge in [0, 0.05) is 11.8 Å². The highest BCUT2D eigenvalue weighted by molar-refractivity contribution is 6.15. The molecule has 1 saturated carbocycles. The molecule has 3 aliphatic rings. The van der Waals surface area contributed by atoms with E-state index >= 15 is 0 Å². The Morgan fingerprint density at radius 3 is 1.93 bits per heavy atom. The summed E-state index contributed by atoms with van der Waals surface area (Å²) in [6.45, 7) is 4.11. The van der Waals surface area contributed by atoms with Crippen molar-refractivity contribution in [2.24, 2.45) is 11.8 Å². The number of fused-ring (bicyclic) bond motifs is 4. The number of hydrogen-bond acceptors (Lipinski definition) is 3. The van der Waals surface area contributed by atoms with Crippen LogP contribution in [0.1, 0.15) is 26.7 Å². The first kappa shape index (κ1) is 8.89. The van der Waals surface area contributed by atoms with Crippen LogP contribution in [0.2, 0.25) is 0 Å². The lowest BCUT2D eigenvalue weighted by Gasteiger charge is -2.11. The number of esters is 2. The fourth-order valence-corrected chi connectivity index (χ4v) is 3.26. The third-order valence-corrected chi connectivity index (χ3v) is 3.68. The highest BCUT2D eigenvalue weighted by Gasteiger charge is 2.53. The van der Waals surface area contributed by atoms with Crippen LogP contribution in [0.25, 0.3) is 0 Å². The van der Waals surface area contributed by atoms with Crippen molar-refractivity contribution in [2.45, 2.75) is 26.7 Å². The molecule has 0 amide bonds. The SMILES string of the molecule is CC(C)=C1C2CCC1C1=C2C(=O)OC1=O. The van der Waals surface area contributed by atoms with Crippen LogP contribution >= 0.6 is 0 Å². The molecule has 3 nitrogen and oxygen atoms in total. The Labute approximate surface area is 87.8 Å². The first-order valence-corrected chi connectivity index (χ1v) is 5.29. The number of hydrogen-bond donors (Lipinski definition) is 0. The molecular formula is C12H12O3. The molecule has 78 valence electrons. The summed E-state index contributed by atoms with van der Waals surface area (Å²) < 4.78 is 4.66. The number of ether oxygens (including phenoxy) is 1. The molecule has 0 aromatic carbocycles. The molecule has 0 N–H and O–H groups in total. The molecule has 0 aromatic rings. The molecule has 0 aromatic heterocycles. The minimum atomic E-state index is -0.402. The predicted octanol–water partition coefficient (Wildman–Crippen LogP) is 1.74. The van der Waals surface area contributed by atoms with E-state index in [1.807, 2.05) is 0 Å². The molecule has 0 spiro atoms. The van der Waals surface area contributed by atoms with Gasteiger partial charge < -0.3 is 4.74 Å². The zero-order valence-electron chi connectivity index (χ0n) is 8.79. The monoisotopic (exact) mass is 204 g/mol. The summed E-state index contributed by atoms with van der Waals surface area (Å²) >= 11 is 0. The zero-order valence-corrected chi connectivity index (χ0v) is 8.79. The summed E-state index contributed by atoms with van der Waals surface area (Å²) in [6, 6.07) is 0. The minimum absolute atomic E-state index is 0.175. The molecule has 2 atom stereocenters. The third kappa shape index (κ3) is 0.907. The van der Waals surface area contributed by atoms with E-state index in [0.29, 0.717) is 11.1 Å². The number of carbonyl (C=O) groups is 2. The maximum Gasteiger partial charge on any atom is 0.343 e. The van der Waals surface area contributed by atoms with Gasteiger partial charge in [0.15, 0.2) is 0 Å². The van der Waals surface area contributed by atoms with E-state index in [2.05, 4.69) is 18.6 Å². The van der Waals surface area contributed by atoms with Crippen LogP contribution in [-0.2, 0) is 14.3 Å². The predicted molar refractivity (Wildman–Crippen MR) is 52.7 cm³/mol. The molecule has 15 heavy (non-hydrogen) atoms. The molecule has 3 heteroatoms. The quantitative estimate of drug-likeness (QED) is 0.343. The van der Waals surface area contributed by atoms with E-state index in [4.69, 9.17) is 0 Å². The van der Waals surface area contributed by atoms with Crippen LogP contribution in [0.4, 0.5) is 0 Å². The maximum atomic E-state index is 11.5. The highest BCUT2D eigenvalue weighted by atomic mass is 16.6. The normalized spacial score (nSPS) is 32.5. The maximum absolute atomic E-state index is 11.5. The first-order chi connectivity index (χ1) is 7.11. The van der Waals surface area contributed by atoms with E-state index in [1.54, 1.807) is 0 Å². The molecule has 2 aliphatic carbocycles. The molecule has 2 bridgehead atoms. The van der Waals surface area contributed by atoms with Gasteiger partial charge in [0.25, 0.3) is 0 Å². The van der Waals surface area contributed by atoms with Gasteiger partial charge >= 0.3 is 11.9 Å². The van der Waals surface area contributed by atoms with Gasteiger partial charge in [-0.15, -0.1) is 0 Å². The molecule has 1 aliphatic heterocycles. The highest BCUT2D eigenvalue weighted by Crippen LogP contribution is 2.55. The van der Waals surface area contributed by atoms with Gasteiger partial charge in [-0.2, -0.15) is 0 Å². The summed E-state index contributed by atoms with van der Waals surface area (Å²) in [5, 5.41) is 0. The van der Waals surface area contributed by atoms with E-state index in [9.17, 15) is 9.59 Å². The fraction of sp³-hybridized carbons (Fsp3) is 0.500. The summed E-state index contributed by atoms with van der Waals surface area (Å²) in [7, 11) is 0. The lowest BCUT2D eigenvalue weighted by molar-refractivity contribution is -0.151. The Kier molecular flexibility index (Phi) is 1.54. The number of allylic oxidation sites excluding steroid dienone is 2. The summed E-state index contributed by atoms with van der Waals surface area (Å²) in [5.74, 6) is -0.454. The lowest BCUT2D eigenvalue weighted by Crippen LogP contribution is -2.11. The number of cyclic esters (lactones) is 2. The van der Waals surface area contributed by atoms with Crippen molar-refractivity contribution < 1.29 is 14.3 Å². The third-order valence-electron chi connectivity index (χ3n) is 3.68. The van der Waals surface area contributed by atoms with Gasteiger partial charge in [-0.3, -0.25) is 0 Å². The Balaban J connectivity index is 2.19. The Hall–Kier alpha value is -1.38. The van der Waals surface area contributed by atoms with E-state index < -0.39 is 11.9 Å². The second kappa shape index (κ2) is 2.60. The second-order valence-corrected chi connectivity index (χ2v) is 4.64. The van der Waals surface area contributed by atoms with Crippen molar-refractivity contribution in [2.75, 3.05) is 0 Å². The van der Waals surface area contributed by atoms with Crippen molar-refractivity contribution in [3.63, 3.8) is 0 Å². The average Bonchev–Trinajstić information content (AvgIpc) is 2.77. The van der Waals surface area contributed by atoms with Gasteiger partial charge in [-0.1, -0.05) is 11.1 Å². The van der Waals surface area contributed by atoms with Gasteiger partial charge in [0.1, 0.15) is 0 Å². The van der Waals surface area contributed by atoms with Crippen molar-refractivity contribution in [1.82, 2.24) is 0 Å². The first-order valence-electron chi connectivity index (χ1n) is 5.29. The zero-order chi connectivity index (χ0) is 10.7. The van der Waals surface area contributed by atoms with Crippen LogP contribution in [0.5, 0.6) is 0 Å². The standard InChI is InChI=1S/C12H12O3/c1-5(2)8-6-3-4-7(8)10-9(6)11(13)15-12(10)14/h6-7H,3-4H2,1-2H3. The van der Waals surface area contributed by atoms with Crippen LogP contribution < -0.4 is 0 Å². The second-order valence-electron chi connectivity index (χ2n) is 4.64. The van der Waals surface area contributed by atoms with Crippen molar-refractivity contribution in [3.8, 4) is 0 Å². The average molecular weight is 204 g/mol. The van der Waals surface area contributed by atoms with Crippen LogP contribution in [0.3, 0.4) is 0 Å². The molecular weight excluding hydrogens is 192 g/mol. The molecule has 1 fully saturated rings. The molecule has 0 saturated heterocycles. The molecule has 2 unspecified atom stereocenters. The number of carbonyl (C=O) groups excluding carboxylic acids is 2. The van der Waals surface area contributed by atoms with E-state index in [1.165, 1.54) is 11.1 Å². The van der Waals surface area contributed by atoms with Crippen molar-refractivity contribution in [3.05, 3.63) is 22.3 Å². The Morgan fingerprint density at radius 2 is 1.53 bits per heavy atom. The lowest BCUT2D eigenvalue weighted by atomic mass is 9.93. The molecule has 0 radical (unpaired) electrons. The van der Waals surface area contributed by atoms with Gasteiger partial charge in [0.05, 0.1) is 11.1 Å². The fourth-order valence-electron chi connectivity index (χ4n) is 3.26. The van der Waals surface area contributed by atoms with Gasteiger partial charge in [-0.25, -0.2) is 9.59 Å². The molecule has 1 heterocycles. The molecule has 3 rings (SSSR count). The van der Waals surface area contributed by atoms with Gasteiger partial charge in [0.2, 0.25) is 0 Å². The minimum Gasteiger partial charge on any atom is -0.386 e. The van der Waals surface area contributed by atoms with E-state index in [-0.39, 0.29) is 11.8 Å². The summed E-state index contributed by atoms with van der Waals surface area (Å²) in [4.78, 5) is 23.0. The Morgan fingerprint density at radius 1 is 1.07 bits per heavy atom. The number of rotatable bonds is 0. The van der Waals surface area contributed by atoms with E-state index in [0.717, 1.165) is 12.8 Å². The van der Waals surface area contributed by atoms with Crippen LogP contribution in [0.15, 0.2) is 22.3 Å².